The Hall–Kier alpha value is -3.65. The number of para-hydroxylation sites is 1. The largest absolute Gasteiger partial charge is 0.496 e. The van der Waals surface area contributed by atoms with E-state index in [9.17, 15) is 14.0 Å². The minimum atomic E-state index is -0.915. The van der Waals surface area contributed by atoms with Gasteiger partial charge >= 0.3 is 0 Å². The number of methoxy groups -OCH3 is 1. The fourth-order valence-corrected chi connectivity index (χ4v) is 3.80. The summed E-state index contributed by atoms with van der Waals surface area (Å²) in [5.41, 5.74) is 1.06. The first-order valence-corrected chi connectivity index (χ1v) is 10.8. The summed E-state index contributed by atoms with van der Waals surface area (Å²) in [5, 5.41) is 3.34. The summed E-state index contributed by atoms with van der Waals surface area (Å²) in [4.78, 5) is 26.2. The number of amides is 1. The average molecular weight is 512 g/mol. The van der Waals surface area contributed by atoms with Crippen molar-refractivity contribution in [3.63, 3.8) is 0 Å². The standard InChI is InChI=1S/C25H19BrFNO5/c1-14(32-17-10-8-16(27)9-11-17)25(30)28-22-18-5-3-4-6-20(18)33-24(22)23(29)15-7-12-21(31-2)19(26)13-15/h3-14H,1-2H3,(H,28,30). The summed E-state index contributed by atoms with van der Waals surface area (Å²) in [6, 6.07) is 17.3. The zero-order valence-electron chi connectivity index (χ0n) is 17.7. The third kappa shape index (κ3) is 4.75. The summed E-state index contributed by atoms with van der Waals surface area (Å²) in [7, 11) is 1.53. The van der Waals surface area contributed by atoms with E-state index in [1.54, 1.807) is 49.4 Å². The molecule has 33 heavy (non-hydrogen) atoms. The zero-order valence-corrected chi connectivity index (χ0v) is 19.3. The topological polar surface area (TPSA) is 77.8 Å². The molecular weight excluding hydrogens is 493 g/mol. The molecule has 0 saturated heterocycles. The molecule has 0 radical (unpaired) electrons. The van der Waals surface area contributed by atoms with Crippen LogP contribution in [0.1, 0.15) is 23.0 Å². The van der Waals surface area contributed by atoms with Gasteiger partial charge in [0.05, 0.1) is 17.3 Å². The zero-order chi connectivity index (χ0) is 23.5. The van der Waals surface area contributed by atoms with Crippen molar-refractivity contribution < 1.29 is 27.9 Å². The first kappa shape index (κ1) is 22.5. The number of furan rings is 1. The smallest absolute Gasteiger partial charge is 0.265 e. The van der Waals surface area contributed by atoms with E-state index in [0.717, 1.165) is 0 Å². The SMILES string of the molecule is COc1ccc(C(=O)c2oc3ccccc3c2NC(=O)C(C)Oc2ccc(F)cc2)cc1Br. The Labute approximate surface area is 197 Å². The second-order valence-corrected chi connectivity index (χ2v) is 8.04. The molecule has 1 unspecified atom stereocenters. The van der Waals surface area contributed by atoms with E-state index in [1.807, 2.05) is 0 Å². The van der Waals surface area contributed by atoms with Crippen LogP contribution >= 0.6 is 15.9 Å². The number of hydrogen-bond acceptors (Lipinski definition) is 5. The number of carbonyl (C=O) groups excluding carboxylic acids is 2. The number of halogens is 2. The Morgan fingerprint density at radius 2 is 1.79 bits per heavy atom. The molecule has 1 N–H and O–H groups in total. The van der Waals surface area contributed by atoms with Crippen molar-refractivity contribution in [2.24, 2.45) is 0 Å². The highest BCUT2D eigenvalue weighted by atomic mass is 79.9. The minimum Gasteiger partial charge on any atom is -0.496 e. The Balaban J connectivity index is 1.65. The van der Waals surface area contributed by atoms with Crippen LogP contribution in [0.5, 0.6) is 11.5 Å². The Morgan fingerprint density at radius 1 is 1.06 bits per heavy atom. The highest BCUT2D eigenvalue weighted by Gasteiger charge is 2.26. The Morgan fingerprint density at radius 3 is 2.48 bits per heavy atom. The fraction of sp³-hybridized carbons (Fsp3) is 0.120. The van der Waals surface area contributed by atoms with Crippen LogP contribution in [0.25, 0.3) is 11.0 Å². The van der Waals surface area contributed by atoms with Crippen molar-refractivity contribution in [3.8, 4) is 11.5 Å². The predicted octanol–water partition coefficient (Wildman–Crippen LogP) is 5.98. The molecule has 1 heterocycles. The van der Waals surface area contributed by atoms with Crippen LogP contribution in [-0.4, -0.2) is 24.9 Å². The number of rotatable bonds is 7. The number of nitrogens with one attached hydrogen (secondary N) is 1. The summed E-state index contributed by atoms with van der Waals surface area (Å²) < 4.78 is 30.4. The molecule has 4 rings (SSSR count). The molecule has 168 valence electrons. The second kappa shape index (κ2) is 9.46. The number of ketones is 1. The summed E-state index contributed by atoms with van der Waals surface area (Å²) in [5.74, 6) is -0.382. The van der Waals surface area contributed by atoms with Crippen LogP contribution in [0.3, 0.4) is 0 Å². The molecule has 0 bridgehead atoms. The van der Waals surface area contributed by atoms with Gasteiger partial charge in [0.25, 0.3) is 5.91 Å². The molecular formula is C25H19BrFNO5. The molecule has 4 aromatic rings. The quantitative estimate of drug-likeness (QED) is 0.309. The van der Waals surface area contributed by atoms with Gasteiger partial charge < -0.3 is 19.2 Å². The molecule has 0 spiro atoms. The van der Waals surface area contributed by atoms with Crippen molar-refractivity contribution in [2.45, 2.75) is 13.0 Å². The van der Waals surface area contributed by atoms with Crippen molar-refractivity contribution in [1.82, 2.24) is 0 Å². The van der Waals surface area contributed by atoms with E-state index >= 15 is 0 Å². The maximum Gasteiger partial charge on any atom is 0.265 e. The molecule has 0 saturated carbocycles. The number of hydrogen-bond donors (Lipinski definition) is 1. The third-order valence-corrected chi connectivity index (χ3v) is 5.58. The third-order valence-electron chi connectivity index (χ3n) is 4.96. The lowest BCUT2D eigenvalue weighted by molar-refractivity contribution is -0.122. The van der Waals surface area contributed by atoms with Crippen LogP contribution in [-0.2, 0) is 4.79 Å². The van der Waals surface area contributed by atoms with Crippen LogP contribution < -0.4 is 14.8 Å². The number of carbonyl (C=O) groups is 2. The van der Waals surface area contributed by atoms with Gasteiger partial charge in [0.1, 0.15) is 22.9 Å². The molecule has 0 aliphatic carbocycles. The monoisotopic (exact) mass is 511 g/mol. The second-order valence-electron chi connectivity index (χ2n) is 7.18. The van der Waals surface area contributed by atoms with Gasteiger partial charge in [-0.2, -0.15) is 0 Å². The Bertz CT molecular complexity index is 1330. The fourth-order valence-electron chi connectivity index (χ4n) is 3.26. The summed E-state index contributed by atoms with van der Waals surface area (Å²) >= 11 is 3.38. The van der Waals surface area contributed by atoms with Crippen molar-refractivity contribution in [2.75, 3.05) is 12.4 Å². The van der Waals surface area contributed by atoms with Crippen LogP contribution in [0.15, 0.2) is 75.6 Å². The first-order valence-electron chi connectivity index (χ1n) is 10.00. The molecule has 1 amide bonds. The van der Waals surface area contributed by atoms with Crippen molar-refractivity contribution >= 4 is 44.3 Å². The van der Waals surface area contributed by atoms with E-state index in [4.69, 9.17) is 13.9 Å². The van der Waals surface area contributed by atoms with Crippen LogP contribution in [0.2, 0.25) is 0 Å². The van der Waals surface area contributed by atoms with Gasteiger partial charge in [0.2, 0.25) is 5.78 Å². The van der Waals surface area contributed by atoms with Gasteiger partial charge in [0, 0.05) is 10.9 Å². The maximum atomic E-state index is 13.3. The number of anilines is 1. The summed E-state index contributed by atoms with van der Waals surface area (Å²) in [6.07, 6.45) is -0.915. The Kier molecular flexibility index (Phi) is 6.46. The molecule has 8 heteroatoms. The number of benzene rings is 3. The van der Waals surface area contributed by atoms with Crippen molar-refractivity contribution in [1.29, 1.82) is 0 Å². The lowest BCUT2D eigenvalue weighted by Gasteiger charge is -2.15. The van der Waals surface area contributed by atoms with Gasteiger partial charge in [-0.3, -0.25) is 9.59 Å². The molecule has 3 aromatic carbocycles. The van der Waals surface area contributed by atoms with E-state index in [0.29, 0.717) is 32.5 Å². The van der Waals surface area contributed by atoms with Crippen molar-refractivity contribution in [3.05, 3.63) is 88.3 Å². The summed E-state index contributed by atoms with van der Waals surface area (Å²) in [6.45, 7) is 1.56. The molecule has 0 aliphatic rings. The first-order chi connectivity index (χ1) is 15.9. The van der Waals surface area contributed by atoms with E-state index in [2.05, 4.69) is 21.2 Å². The van der Waals surface area contributed by atoms with Crippen LogP contribution in [0, 0.1) is 5.82 Å². The van der Waals surface area contributed by atoms with Gasteiger partial charge in [-0.15, -0.1) is 0 Å². The molecule has 6 nitrogen and oxygen atoms in total. The molecule has 0 fully saturated rings. The lowest BCUT2D eigenvalue weighted by Crippen LogP contribution is -2.30. The van der Waals surface area contributed by atoms with Gasteiger partial charge in [-0.05, 0) is 77.5 Å². The molecule has 0 aliphatic heterocycles. The lowest BCUT2D eigenvalue weighted by atomic mass is 10.1. The predicted molar refractivity (Wildman–Crippen MR) is 125 cm³/mol. The van der Waals surface area contributed by atoms with Gasteiger partial charge in [-0.1, -0.05) is 12.1 Å². The van der Waals surface area contributed by atoms with E-state index in [-0.39, 0.29) is 11.4 Å². The van der Waals surface area contributed by atoms with Crippen LogP contribution in [0.4, 0.5) is 10.1 Å². The molecule has 1 aromatic heterocycles. The normalized spacial score (nSPS) is 11.8. The minimum absolute atomic E-state index is 0.00407. The average Bonchev–Trinajstić information content (AvgIpc) is 3.18. The van der Waals surface area contributed by atoms with E-state index < -0.39 is 23.6 Å². The van der Waals surface area contributed by atoms with Gasteiger partial charge in [0.15, 0.2) is 11.9 Å². The highest BCUT2D eigenvalue weighted by Crippen LogP contribution is 2.34. The molecule has 1 atom stereocenters. The maximum absolute atomic E-state index is 13.3. The van der Waals surface area contributed by atoms with E-state index in [1.165, 1.54) is 31.4 Å². The van der Waals surface area contributed by atoms with Gasteiger partial charge in [-0.25, -0.2) is 4.39 Å². The highest BCUT2D eigenvalue weighted by molar-refractivity contribution is 9.10. The number of ether oxygens (including phenoxy) is 2. The number of fused-ring (bicyclic) bond motifs is 1.